The number of para-hydroxylation sites is 2. The molecule has 7 nitrogen and oxygen atoms in total. The van der Waals surface area contributed by atoms with Gasteiger partial charge in [0.25, 0.3) is 0 Å². The van der Waals surface area contributed by atoms with Crippen LogP contribution < -0.4 is 5.32 Å². The minimum absolute atomic E-state index is 0.244. The first-order valence-corrected chi connectivity index (χ1v) is 10.4. The van der Waals surface area contributed by atoms with E-state index in [4.69, 9.17) is 4.74 Å². The van der Waals surface area contributed by atoms with E-state index in [1.807, 2.05) is 54.6 Å². The Bertz CT molecular complexity index is 1090. The van der Waals surface area contributed by atoms with Crippen molar-refractivity contribution in [3.05, 3.63) is 66.4 Å². The van der Waals surface area contributed by atoms with Crippen molar-refractivity contribution in [1.29, 1.82) is 0 Å². The monoisotopic (exact) mass is 419 g/mol. The molecule has 1 saturated heterocycles. The summed E-state index contributed by atoms with van der Waals surface area (Å²) in [4.78, 5) is 42.8. The van der Waals surface area contributed by atoms with Crippen LogP contribution in [0, 0.1) is 5.92 Å². The largest absolute Gasteiger partial charge is 0.454 e. The van der Waals surface area contributed by atoms with E-state index in [0.717, 1.165) is 10.9 Å². The lowest BCUT2D eigenvalue weighted by Gasteiger charge is -2.32. The van der Waals surface area contributed by atoms with Crippen molar-refractivity contribution in [2.75, 3.05) is 18.4 Å². The summed E-state index contributed by atoms with van der Waals surface area (Å²) in [6.07, 6.45) is 2.07. The van der Waals surface area contributed by atoms with Crippen LogP contribution in [0.3, 0.4) is 0 Å². The maximum Gasteiger partial charge on any atom is 0.321 e. The lowest BCUT2D eigenvalue weighted by molar-refractivity contribution is -0.152. The number of hydrogen-bond acceptors (Lipinski definition) is 4. The first kappa shape index (κ1) is 20.7. The quantitative estimate of drug-likeness (QED) is 0.478. The number of piperidine rings is 1. The molecule has 4 rings (SSSR count). The Labute approximate surface area is 180 Å². The van der Waals surface area contributed by atoms with Gasteiger partial charge in [-0.1, -0.05) is 36.4 Å². The molecule has 0 saturated carbocycles. The molecular formula is C24H25N3O4. The second-order valence-electron chi connectivity index (χ2n) is 7.77. The molecule has 0 bridgehead atoms. The summed E-state index contributed by atoms with van der Waals surface area (Å²) in [6, 6.07) is 16.4. The van der Waals surface area contributed by atoms with Gasteiger partial charge in [0.2, 0.25) is 5.78 Å². The molecule has 0 radical (unpaired) electrons. The van der Waals surface area contributed by atoms with Gasteiger partial charge in [-0.3, -0.25) is 9.59 Å². The molecule has 0 unspecified atom stereocenters. The predicted molar refractivity (Wildman–Crippen MR) is 118 cm³/mol. The van der Waals surface area contributed by atoms with Gasteiger partial charge in [0, 0.05) is 41.4 Å². The van der Waals surface area contributed by atoms with Crippen LogP contribution in [0.1, 0.15) is 30.1 Å². The van der Waals surface area contributed by atoms with Gasteiger partial charge in [-0.05, 0) is 38.0 Å². The number of aromatic amines is 1. The highest BCUT2D eigenvalue weighted by atomic mass is 16.5. The van der Waals surface area contributed by atoms with Crippen molar-refractivity contribution in [1.82, 2.24) is 9.88 Å². The van der Waals surface area contributed by atoms with Gasteiger partial charge in [0.15, 0.2) is 6.10 Å². The topological polar surface area (TPSA) is 91.5 Å². The van der Waals surface area contributed by atoms with Crippen LogP contribution in [0.25, 0.3) is 10.9 Å². The molecule has 3 aromatic rings. The molecule has 2 amide bonds. The molecule has 7 heteroatoms. The number of carbonyl (C=O) groups excluding carboxylic acids is 3. The summed E-state index contributed by atoms with van der Waals surface area (Å²) >= 11 is 0. The van der Waals surface area contributed by atoms with Crippen molar-refractivity contribution in [2.24, 2.45) is 5.92 Å². The van der Waals surface area contributed by atoms with Crippen molar-refractivity contribution in [2.45, 2.75) is 25.9 Å². The Kier molecular flexibility index (Phi) is 6.02. The number of urea groups is 1. The number of nitrogens with zero attached hydrogens (tertiary/aromatic N) is 1. The second kappa shape index (κ2) is 9.04. The van der Waals surface area contributed by atoms with Gasteiger partial charge in [-0.2, -0.15) is 0 Å². The van der Waals surface area contributed by atoms with Crippen molar-refractivity contribution in [3.63, 3.8) is 0 Å². The summed E-state index contributed by atoms with van der Waals surface area (Å²) in [5, 5.41) is 3.65. The number of likely N-dealkylation sites (tertiary alicyclic amines) is 1. The Morgan fingerprint density at radius 3 is 2.65 bits per heavy atom. The maximum absolute atomic E-state index is 12.8. The van der Waals surface area contributed by atoms with Gasteiger partial charge in [0.05, 0.1) is 5.92 Å². The average Bonchev–Trinajstić information content (AvgIpc) is 3.23. The van der Waals surface area contributed by atoms with E-state index >= 15 is 0 Å². The number of aromatic nitrogens is 1. The normalized spacial score (nSPS) is 17.2. The number of Topliss-reactive ketones (excluding diaryl/α,β-unsaturated/α-hetero) is 1. The number of ether oxygens (including phenoxy) is 1. The summed E-state index contributed by atoms with van der Waals surface area (Å²) in [5.74, 6) is -1.15. The number of fused-ring (bicyclic) bond motifs is 1. The minimum Gasteiger partial charge on any atom is -0.454 e. The molecule has 160 valence electrons. The Morgan fingerprint density at radius 2 is 1.84 bits per heavy atom. The molecule has 31 heavy (non-hydrogen) atoms. The molecule has 1 aliphatic heterocycles. The SMILES string of the molecule is C[C@@H](OC(=O)[C@H]1CCCN(C(=O)Nc2ccccc2)C1)C(=O)c1c[nH]c2ccccc12. The summed E-state index contributed by atoms with van der Waals surface area (Å²) in [7, 11) is 0. The van der Waals surface area contributed by atoms with Crippen LogP contribution in [0.15, 0.2) is 60.8 Å². The predicted octanol–water partition coefficient (Wildman–Crippen LogP) is 4.23. The number of amides is 2. The lowest BCUT2D eigenvalue weighted by Crippen LogP contribution is -2.45. The Morgan fingerprint density at radius 1 is 1.10 bits per heavy atom. The number of hydrogen-bond donors (Lipinski definition) is 2. The standard InChI is InChI=1S/C24H25N3O4/c1-16(22(28)20-14-25-21-12-6-5-11-19(20)21)31-23(29)17-8-7-13-27(15-17)24(30)26-18-9-3-2-4-10-18/h2-6,9-12,14,16-17,25H,7-8,13,15H2,1H3,(H,26,30)/t16-,17+/m1/s1. The van der Waals surface area contributed by atoms with Crippen molar-refractivity contribution >= 4 is 34.4 Å². The van der Waals surface area contributed by atoms with E-state index in [1.54, 1.807) is 18.0 Å². The first-order chi connectivity index (χ1) is 15.0. The number of benzene rings is 2. The van der Waals surface area contributed by atoms with Crippen molar-refractivity contribution < 1.29 is 19.1 Å². The number of rotatable bonds is 5. The number of anilines is 1. The number of carbonyl (C=O) groups is 3. The fraction of sp³-hybridized carbons (Fsp3) is 0.292. The zero-order valence-corrected chi connectivity index (χ0v) is 17.3. The second-order valence-corrected chi connectivity index (χ2v) is 7.77. The minimum atomic E-state index is -0.903. The zero-order chi connectivity index (χ0) is 21.8. The Hall–Kier alpha value is -3.61. The third-order valence-electron chi connectivity index (χ3n) is 5.58. The van der Waals surface area contributed by atoms with E-state index in [0.29, 0.717) is 30.6 Å². The van der Waals surface area contributed by atoms with E-state index in [1.165, 1.54) is 0 Å². The molecule has 1 aromatic heterocycles. The van der Waals surface area contributed by atoms with Crippen LogP contribution in [0.4, 0.5) is 10.5 Å². The first-order valence-electron chi connectivity index (χ1n) is 10.4. The average molecular weight is 419 g/mol. The number of H-pyrrole nitrogens is 1. The molecule has 2 N–H and O–H groups in total. The summed E-state index contributed by atoms with van der Waals surface area (Å²) in [5.41, 5.74) is 2.07. The fourth-order valence-electron chi connectivity index (χ4n) is 3.90. The Balaban J connectivity index is 1.36. The number of ketones is 1. The van der Waals surface area contributed by atoms with Crippen LogP contribution in [0.2, 0.25) is 0 Å². The highest BCUT2D eigenvalue weighted by Crippen LogP contribution is 2.23. The molecule has 1 fully saturated rings. The smallest absolute Gasteiger partial charge is 0.321 e. The van der Waals surface area contributed by atoms with Gasteiger partial charge in [-0.25, -0.2) is 4.79 Å². The number of esters is 1. The van der Waals surface area contributed by atoms with Gasteiger partial charge in [-0.15, -0.1) is 0 Å². The molecule has 2 aromatic carbocycles. The molecule has 0 aliphatic carbocycles. The third-order valence-corrected chi connectivity index (χ3v) is 5.58. The van der Waals surface area contributed by atoms with Gasteiger partial charge in [0.1, 0.15) is 0 Å². The zero-order valence-electron chi connectivity index (χ0n) is 17.3. The summed E-state index contributed by atoms with van der Waals surface area (Å²) in [6.45, 7) is 2.43. The third kappa shape index (κ3) is 4.60. The van der Waals surface area contributed by atoms with E-state index in [2.05, 4.69) is 10.3 Å². The number of nitrogens with one attached hydrogen (secondary N) is 2. The van der Waals surface area contributed by atoms with E-state index in [-0.39, 0.29) is 18.4 Å². The van der Waals surface area contributed by atoms with E-state index in [9.17, 15) is 14.4 Å². The van der Waals surface area contributed by atoms with Crippen LogP contribution >= 0.6 is 0 Å². The lowest BCUT2D eigenvalue weighted by atomic mass is 9.98. The molecule has 0 spiro atoms. The van der Waals surface area contributed by atoms with Gasteiger partial charge >= 0.3 is 12.0 Å². The highest BCUT2D eigenvalue weighted by molar-refractivity contribution is 6.10. The highest BCUT2D eigenvalue weighted by Gasteiger charge is 2.32. The molecular weight excluding hydrogens is 394 g/mol. The molecule has 2 atom stereocenters. The maximum atomic E-state index is 12.8. The van der Waals surface area contributed by atoms with Crippen LogP contribution in [-0.4, -0.2) is 46.9 Å². The van der Waals surface area contributed by atoms with E-state index < -0.39 is 18.0 Å². The van der Waals surface area contributed by atoms with Gasteiger partial charge < -0.3 is 19.9 Å². The summed E-state index contributed by atoms with van der Waals surface area (Å²) < 4.78 is 5.51. The molecule has 1 aliphatic rings. The van der Waals surface area contributed by atoms with Crippen LogP contribution in [0.5, 0.6) is 0 Å². The molecule has 2 heterocycles. The fourth-order valence-corrected chi connectivity index (χ4v) is 3.90. The van der Waals surface area contributed by atoms with Crippen molar-refractivity contribution in [3.8, 4) is 0 Å². The van der Waals surface area contributed by atoms with Crippen LogP contribution in [-0.2, 0) is 9.53 Å².